The van der Waals surface area contributed by atoms with Crippen LogP contribution in [0.1, 0.15) is 113 Å². The van der Waals surface area contributed by atoms with Gasteiger partial charge in [-0.05, 0) is 109 Å². The van der Waals surface area contributed by atoms with Gasteiger partial charge in [0.15, 0.2) is 25.0 Å². The number of carboxylic acids is 2. The molecule has 3 heterocycles. The minimum atomic E-state index is -1.99. The summed E-state index contributed by atoms with van der Waals surface area (Å²) in [6.45, 7) is 14.7. The summed E-state index contributed by atoms with van der Waals surface area (Å²) in [4.78, 5) is 26.2. The van der Waals surface area contributed by atoms with Crippen molar-refractivity contribution in [1.29, 1.82) is 0 Å². The molecule has 370 valence electrons. The van der Waals surface area contributed by atoms with Crippen LogP contribution in [0, 0.1) is 50.2 Å². The molecule has 0 aromatic heterocycles. The van der Waals surface area contributed by atoms with Gasteiger partial charge in [-0.15, -0.1) is 0 Å². The van der Waals surface area contributed by atoms with Crippen LogP contribution in [-0.2, 0) is 38.0 Å². The lowest BCUT2D eigenvalue weighted by atomic mass is 9.33. The summed E-state index contributed by atoms with van der Waals surface area (Å²) in [6.07, 6.45) is -15.3. The number of hydrogen-bond donors (Lipinski definition) is 10. The van der Waals surface area contributed by atoms with E-state index in [0.29, 0.717) is 19.3 Å². The zero-order chi connectivity index (χ0) is 47.6. The fourth-order valence-corrected chi connectivity index (χ4v) is 14.8. The molecule has 0 unspecified atom stereocenters. The number of hydrogen-bond acceptors (Lipinski definition) is 16. The number of aliphatic hydroxyl groups excluding tert-OH is 8. The van der Waals surface area contributed by atoms with Crippen molar-refractivity contribution in [1.82, 2.24) is 0 Å². The largest absolute Gasteiger partial charge is 0.481 e. The first-order valence-corrected chi connectivity index (χ1v) is 23.7. The summed E-state index contributed by atoms with van der Waals surface area (Å²) in [5, 5.41) is 107. The summed E-state index contributed by atoms with van der Waals surface area (Å²) >= 11 is 0. The minimum Gasteiger partial charge on any atom is -0.481 e. The summed E-state index contributed by atoms with van der Waals surface area (Å²) in [7, 11) is 0. The van der Waals surface area contributed by atoms with Gasteiger partial charge in [-0.25, -0.2) is 4.79 Å². The molecule has 0 spiro atoms. The van der Waals surface area contributed by atoms with Crippen LogP contribution in [0.2, 0.25) is 0 Å². The Morgan fingerprint density at radius 2 is 1.34 bits per heavy atom. The Morgan fingerprint density at radius 3 is 2.00 bits per heavy atom. The first-order chi connectivity index (χ1) is 30.3. The Bertz CT molecular complexity index is 1820. The highest BCUT2D eigenvalue weighted by Crippen LogP contribution is 2.76. The molecule has 8 rings (SSSR count). The van der Waals surface area contributed by atoms with Gasteiger partial charge in [0.05, 0.1) is 24.7 Å². The fraction of sp³-hybridized carbons (Fsp3) is 0.915. The lowest BCUT2D eigenvalue weighted by molar-refractivity contribution is -0.384. The molecule has 10 N–H and O–H groups in total. The van der Waals surface area contributed by atoms with Crippen LogP contribution in [0.25, 0.3) is 0 Å². The van der Waals surface area contributed by atoms with Gasteiger partial charge in [-0.1, -0.05) is 60.1 Å². The van der Waals surface area contributed by atoms with E-state index in [1.54, 1.807) is 0 Å². The highest BCUT2D eigenvalue weighted by molar-refractivity contribution is 5.76. The molecule has 3 aliphatic heterocycles. The van der Waals surface area contributed by atoms with Crippen molar-refractivity contribution in [2.24, 2.45) is 50.2 Å². The van der Waals surface area contributed by atoms with Crippen LogP contribution in [0.3, 0.4) is 0 Å². The third-order valence-corrected chi connectivity index (χ3v) is 18.9. The number of aliphatic carboxylic acids is 2. The van der Waals surface area contributed by atoms with E-state index in [-0.39, 0.29) is 39.4 Å². The SMILES string of the molecule is CC1(C)CC[C@]2(C(=O)O)CC[C@@]3(C)C(=CC[C@@H]4[C@]5(C)CC[C@H](O[C@@H]6O[C@H](C(=O)O)[C@H](O[C@@H]7OC[C@@H](O)[C@H](O)[C@H]7O)[C@@H](O[C@@H]7O[C@H](CO)[C@H](O)[C@@H](O)[C@H]7O)[C@H]6O)C(C)(C)[C@H]5CC[C@@]43C)[C@H]2C1. The lowest BCUT2D eigenvalue weighted by Crippen LogP contribution is -2.68. The minimum absolute atomic E-state index is 0.0128. The van der Waals surface area contributed by atoms with Crippen LogP contribution in [0.4, 0.5) is 0 Å². The van der Waals surface area contributed by atoms with Crippen molar-refractivity contribution >= 4 is 11.9 Å². The smallest absolute Gasteiger partial charge is 0.335 e. The second-order valence-electron chi connectivity index (χ2n) is 23.1. The third kappa shape index (κ3) is 7.76. The summed E-state index contributed by atoms with van der Waals surface area (Å²) in [5.74, 6) is -1.89. The molecule has 18 nitrogen and oxygen atoms in total. The second kappa shape index (κ2) is 17.2. The van der Waals surface area contributed by atoms with E-state index in [2.05, 4.69) is 54.5 Å². The summed E-state index contributed by atoms with van der Waals surface area (Å²) in [6, 6.07) is 0. The molecule has 18 heteroatoms. The lowest BCUT2D eigenvalue weighted by Gasteiger charge is -2.71. The van der Waals surface area contributed by atoms with Crippen molar-refractivity contribution in [2.45, 2.75) is 205 Å². The molecule has 65 heavy (non-hydrogen) atoms. The molecule has 0 bridgehead atoms. The molecule has 0 amide bonds. The first kappa shape index (κ1) is 49.5. The molecule has 3 saturated heterocycles. The van der Waals surface area contributed by atoms with Crippen LogP contribution in [-0.4, -0.2) is 168 Å². The van der Waals surface area contributed by atoms with Gasteiger partial charge >= 0.3 is 11.9 Å². The van der Waals surface area contributed by atoms with E-state index >= 15 is 0 Å². The Labute approximate surface area is 380 Å². The van der Waals surface area contributed by atoms with Crippen LogP contribution < -0.4 is 0 Å². The maximum absolute atomic E-state index is 13.1. The van der Waals surface area contributed by atoms with E-state index in [1.807, 2.05) is 0 Å². The summed E-state index contributed by atoms with van der Waals surface area (Å²) < 4.78 is 35.7. The maximum atomic E-state index is 13.1. The van der Waals surface area contributed by atoms with Gasteiger partial charge in [-0.2, -0.15) is 0 Å². The van der Waals surface area contributed by atoms with Gasteiger partial charge < -0.3 is 79.5 Å². The second-order valence-corrected chi connectivity index (χ2v) is 23.1. The average molecular weight is 927 g/mol. The van der Waals surface area contributed by atoms with Gasteiger partial charge in [-0.3, -0.25) is 4.79 Å². The zero-order valence-corrected chi connectivity index (χ0v) is 38.7. The predicted octanol–water partition coefficient (Wildman–Crippen LogP) is 1.44. The monoisotopic (exact) mass is 926 g/mol. The highest BCUT2D eigenvalue weighted by Gasteiger charge is 2.70. The first-order valence-electron chi connectivity index (χ1n) is 23.7. The molecule has 0 aromatic carbocycles. The predicted molar refractivity (Wildman–Crippen MR) is 225 cm³/mol. The normalized spacial score (nSPS) is 52.8. The average Bonchev–Trinajstić information content (AvgIpc) is 3.23. The Balaban J connectivity index is 1.06. The van der Waals surface area contributed by atoms with E-state index in [0.717, 1.165) is 44.9 Å². The molecule has 4 saturated carbocycles. The number of carbonyl (C=O) groups is 2. The van der Waals surface area contributed by atoms with Crippen LogP contribution in [0.5, 0.6) is 0 Å². The molecule has 5 aliphatic carbocycles. The molecule has 8 aliphatic rings. The number of carboxylic acid groups (broad SMARTS) is 2. The molecular weight excluding hydrogens is 852 g/mol. The van der Waals surface area contributed by atoms with Gasteiger partial charge in [0, 0.05) is 0 Å². The van der Waals surface area contributed by atoms with Gasteiger partial charge in [0.2, 0.25) is 0 Å². The number of ether oxygens (including phenoxy) is 6. The van der Waals surface area contributed by atoms with Crippen molar-refractivity contribution in [3.05, 3.63) is 11.6 Å². The van der Waals surface area contributed by atoms with Gasteiger partial charge in [0.25, 0.3) is 0 Å². The standard InChI is InChI=1S/C47H74O18/c1-42(2)14-16-47(41(58)59)17-15-45(6)21(22(47)18-42)8-9-26-44(5)12-11-27(43(3,4)25(44)10-13-46(26,45)7)62-40-33(55)34(63-39-32(54)30(52)29(51)24(19-48)61-39)35(36(65-40)37(56)57)64-38-31(53)28(50)23(49)20-60-38/h8,22-36,38-40,48-55H,9-20H2,1-7H3,(H,56,57)(H,58,59)/t22-,23-,24-,25-,26-,27+,28+,29+,30-,31-,32-,33-,34+,35-,36+,38+,39+,40-,44-,45+,46+,47+/m1/s1. The molecule has 7 fully saturated rings. The van der Waals surface area contributed by atoms with Crippen molar-refractivity contribution < 1.29 is 89.1 Å². The van der Waals surface area contributed by atoms with E-state index < -0.39 is 128 Å². The summed E-state index contributed by atoms with van der Waals surface area (Å²) in [5.41, 5.74) is -0.371. The molecule has 0 radical (unpaired) electrons. The van der Waals surface area contributed by atoms with Crippen molar-refractivity contribution in [2.75, 3.05) is 13.2 Å². The number of aliphatic hydroxyl groups is 8. The van der Waals surface area contributed by atoms with Crippen LogP contribution >= 0.6 is 0 Å². The molecule has 0 aromatic rings. The number of allylic oxidation sites excluding steroid dienone is 2. The molecule has 22 atom stereocenters. The van der Waals surface area contributed by atoms with Gasteiger partial charge in [0.1, 0.15) is 61.0 Å². The highest BCUT2D eigenvalue weighted by atomic mass is 16.8. The van der Waals surface area contributed by atoms with E-state index in [4.69, 9.17) is 28.4 Å². The van der Waals surface area contributed by atoms with Crippen molar-refractivity contribution in [3.63, 3.8) is 0 Å². The Morgan fingerprint density at radius 1 is 0.692 bits per heavy atom. The Hall–Kier alpha value is -1.88. The van der Waals surface area contributed by atoms with Crippen molar-refractivity contribution in [3.8, 4) is 0 Å². The number of rotatable bonds is 9. The number of fused-ring (bicyclic) bond motifs is 7. The topological polar surface area (TPSA) is 292 Å². The fourth-order valence-electron chi connectivity index (χ4n) is 14.8. The van der Waals surface area contributed by atoms with E-state index in [9.17, 15) is 60.7 Å². The van der Waals surface area contributed by atoms with Crippen LogP contribution in [0.15, 0.2) is 11.6 Å². The zero-order valence-electron chi connectivity index (χ0n) is 38.7. The third-order valence-electron chi connectivity index (χ3n) is 18.9. The maximum Gasteiger partial charge on any atom is 0.335 e. The van der Waals surface area contributed by atoms with E-state index in [1.165, 1.54) is 5.57 Å². The quantitative estimate of drug-likeness (QED) is 0.116. The molecular formula is C47H74O18. The Kier molecular flexibility index (Phi) is 13.1.